The minimum atomic E-state index is -0.650. The first-order valence-electron chi connectivity index (χ1n) is 12.8. The molecule has 0 aliphatic carbocycles. The molecule has 4 rings (SSSR count). The third-order valence-corrected chi connectivity index (χ3v) is 7.34. The number of benzene rings is 3. The predicted octanol–water partition coefficient (Wildman–Crippen LogP) is 5.08. The first kappa shape index (κ1) is 28.7. The topological polar surface area (TPSA) is 107 Å². The molecule has 1 heterocycles. The summed E-state index contributed by atoms with van der Waals surface area (Å²) in [7, 11) is 3.15. The smallest absolute Gasteiger partial charge is 0.338 e. The number of para-hydroxylation sites is 1. The van der Waals surface area contributed by atoms with Gasteiger partial charge in [0.2, 0.25) is 11.8 Å². The quantitative estimate of drug-likeness (QED) is 0.344. The van der Waals surface area contributed by atoms with Crippen LogP contribution in [0.1, 0.15) is 29.3 Å². The highest BCUT2D eigenvalue weighted by molar-refractivity contribution is 8.15. The van der Waals surface area contributed by atoms with Crippen molar-refractivity contribution in [1.82, 2.24) is 4.90 Å². The number of hydrogen-bond donors (Lipinski definition) is 1. The third-order valence-electron chi connectivity index (χ3n) is 6.15. The van der Waals surface area contributed by atoms with Gasteiger partial charge in [-0.2, -0.15) is 0 Å². The lowest BCUT2D eigenvalue weighted by Gasteiger charge is -2.32. The number of thioether (sulfide) groups is 1. The van der Waals surface area contributed by atoms with Crippen LogP contribution in [0.4, 0.5) is 11.4 Å². The minimum absolute atomic E-state index is 0.0378. The van der Waals surface area contributed by atoms with Crippen LogP contribution in [0.25, 0.3) is 0 Å². The molecule has 1 aliphatic heterocycles. The first-order valence-corrected chi connectivity index (χ1v) is 13.7. The number of nitrogens with zero attached hydrogens (tertiary/aromatic N) is 2. The monoisotopic (exact) mass is 561 g/mol. The number of esters is 1. The Morgan fingerprint density at radius 1 is 1.00 bits per heavy atom. The number of carbonyl (C=O) groups is 3. The Morgan fingerprint density at radius 3 is 2.40 bits per heavy atom. The number of hydrogen-bond acceptors (Lipinski definition) is 8. The normalized spacial score (nSPS) is 16.0. The summed E-state index contributed by atoms with van der Waals surface area (Å²) in [6.45, 7) is 2.38. The van der Waals surface area contributed by atoms with Crippen LogP contribution in [0.5, 0.6) is 11.5 Å². The average molecular weight is 562 g/mol. The number of carbonyl (C=O) groups excluding carboxylic acids is 3. The van der Waals surface area contributed by atoms with Gasteiger partial charge in [0.05, 0.1) is 32.1 Å². The predicted molar refractivity (Wildman–Crippen MR) is 156 cm³/mol. The maximum absolute atomic E-state index is 13.4. The van der Waals surface area contributed by atoms with Crippen LogP contribution in [0.3, 0.4) is 0 Å². The zero-order valence-corrected chi connectivity index (χ0v) is 23.4. The molecule has 1 fully saturated rings. The van der Waals surface area contributed by atoms with Crippen LogP contribution in [-0.2, 0) is 20.7 Å². The molecule has 0 aromatic heterocycles. The van der Waals surface area contributed by atoms with E-state index < -0.39 is 11.2 Å². The summed E-state index contributed by atoms with van der Waals surface area (Å²) in [5.41, 5.74) is 2.56. The van der Waals surface area contributed by atoms with Crippen molar-refractivity contribution in [1.29, 1.82) is 0 Å². The minimum Gasteiger partial charge on any atom is -0.493 e. The number of anilines is 1. The third kappa shape index (κ3) is 7.20. The van der Waals surface area contributed by atoms with Gasteiger partial charge in [-0.05, 0) is 67.4 Å². The fourth-order valence-corrected chi connectivity index (χ4v) is 5.20. The molecule has 0 spiro atoms. The summed E-state index contributed by atoms with van der Waals surface area (Å²) in [6, 6.07) is 21.4. The van der Waals surface area contributed by atoms with Crippen molar-refractivity contribution >= 4 is 46.1 Å². The molecule has 208 valence electrons. The zero-order chi connectivity index (χ0) is 28.5. The van der Waals surface area contributed by atoms with E-state index >= 15 is 0 Å². The molecule has 9 nitrogen and oxygen atoms in total. The Labute approximate surface area is 237 Å². The van der Waals surface area contributed by atoms with Crippen molar-refractivity contribution in [3.8, 4) is 11.5 Å². The average Bonchev–Trinajstić information content (AvgIpc) is 2.97. The SMILES string of the molecule is CCOC(=O)c1ccc(N=C2SC(C(=O)Nc3ccccc3)CC(=O)N2CCc2ccc(OC)c(OC)c2)cc1. The number of amidine groups is 1. The summed E-state index contributed by atoms with van der Waals surface area (Å²) < 4.78 is 15.8. The van der Waals surface area contributed by atoms with Gasteiger partial charge >= 0.3 is 5.97 Å². The van der Waals surface area contributed by atoms with E-state index in [1.54, 1.807) is 62.4 Å². The molecule has 10 heteroatoms. The van der Waals surface area contributed by atoms with E-state index in [4.69, 9.17) is 19.2 Å². The number of methoxy groups -OCH3 is 2. The van der Waals surface area contributed by atoms with E-state index in [-0.39, 0.29) is 24.8 Å². The van der Waals surface area contributed by atoms with Gasteiger partial charge in [0.25, 0.3) is 0 Å². The molecule has 1 atom stereocenters. The summed E-state index contributed by atoms with van der Waals surface area (Å²) in [6.07, 6.45) is 0.574. The molecule has 3 aromatic rings. The maximum atomic E-state index is 13.4. The second kappa shape index (κ2) is 13.7. The second-order valence-corrected chi connectivity index (χ2v) is 9.98. The summed E-state index contributed by atoms with van der Waals surface area (Å²) >= 11 is 1.24. The largest absolute Gasteiger partial charge is 0.493 e. The Kier molecular flexibility index (Phi) is 9.80. The van der Waals surface area contributed by atoms with Crippen LogP contribution >= 0.6 is 11.8 Å². The number of ether oxygens (including phenoxy) is 3. The Morgan fingerprint density at radius 2 is 1.73 bits per heavy atom. The number of rotatable bonds is 10. The molecule has 1 unspecified atom stereocenters. The highest BCUT2D eigenvalue weighted by atomic mass is 32.2. The Balaban J connectivity index is 1.57. The zero-order valence-electron chi connectivity index (χ0n) is 22.6. The van der Waals surface area contributed by atoms with Gasteiger partial charge in [-0.25, -0.2) is 9.79 Å². The van der Waals surface area contributed by atoms with Gasteiger partial charge < -0.3 is 19.5 Å². The molecule has 1 N–H and O–H groups in total. The van der Waals surface area contributed by atoms with Gasteiger partial charge in [0.1, 0.15) is 5.25 Å². The van der Waals surface area contributed by atoms with Gasteiger partial charge in [-0.1, -0.05) is 36.0 Å². The van der Waals surface area contributed by atoms with Gasteiger partial charge in [-0.15, -0.1) is 0 Å². The van der Waals surface area contributed by atoms with Gasteiger partial charge in [-0.3, -0.25) is 14.5 Å². The number of aliphatic imine (C=N–C) groups is 1. The molecule has 3 aromatic carbocycles. The van der Waals surface area contributed by atoms with Crippen LogP contribution in [-0.4, -0.2) is 60.5 Å². The van der Waals surface area contributed by atoms with E-state index in [2.05, 4.69) is 5.32 Å². The fraction of sp³-hybridized carbons (Fsp3) is 0.267. The molecule has 0 radical (unpaired) electrons. The number of nitrogens with one attached hydrogen (secondary N) is 1. The van der Waals surface area contributed by atoms with Crippen molar-refractivity contribution in [2.45, 2.75) is 25.0 Å². The Hall–Kier alpha value is -4.31. The maximum Gasteiger partial charge on any atom is 0.338 e. The summed E-state index contributed by atoms with van der Waals surface area (Å²) in [5, 5.41) is 2.64. The molecule has 0 bridgehead atoms. The van der Waals surface area contributed by atoms with Crippen molar-refractivity contribution in [3.63, 3.8) is 0 Å². The van der Waals surface area contributed by atoms with E-state index in [9.17, 15) is 14.4 Å². The van der Waals surface area contributed by atoms with Crippen molar-refractivity contribution in [3.05, 3.63) is 83.9 Å². The van der Waals surface area contributed by atoms with E-state index in [1.165, 1.54) is 11.8 Å². The van der Waals surface area contributed by atoms with Gasteiger partial charge in [0.15, 0.2) is 16.7 Å². The molecule has 40 heavy (non-hydrogen) atoms. The summed E-state index contributed by atoms with van der Waals surface area (Å²) in [4.78, 5) is 44.8. The Bertz CT molecular complexity index is 1380. The molecular formula is C30H31N3O6S. The van der Waals surface area contributed by atoms with Crippen molar-refractivity contribution in [2.75, 3.05) is 32.7 Å². The van der Waals surface area contributed by atoms with E-state index in [0.717, 1.165) is 5.56 Å². The van der Waals surface area contributed by atoms with E-state index in [1.807, 2.05) is 36.4 Å². The highest BCUT2D eigenvalue weighted by Crippen LogP contribution is 2.31. The van der Waals surface area contributed by atoms with Gasteiger partial charge in [0, 0.05) is 18.7 Å². The molecule has 1 saturated heterocycles. The standard InChI is InChI=1S/C30H31N3O6S/c1-4-39-29(36)21-11-13-23(14-12-21)32-30-33(17-16-20-10-15-24(37-2)25(18-20)38-3)27(34)19-26(40-30)28(35)31-22-8-6-5-7-9-22/h5-15,18,26H,4,16-17,19H2,1-3H3,(H,31,35). The van der Waals surface area contributed by atoms with Crippen LogP contribution in [0.15, 0.2) is 77.8 Å². The van der Waals surface area contributed by atoms with Crippen molar-refractivity contribution < 1.29 is 28.6 Å². The number of amides is 2. The lowest BCUT2D eigenvalue weighted by Crippen LogP contribution is -2.46. The molecule has 2 amide bonds. The molecular weight excluding hydrogens is 530 g/mol. The van der Waals surface area contributed by atoms with Crippen molar-refractivity contribution in [2.24, 2.45) is 4.99 Å². The first-order chi connectivity index (χ1) is 19.4. The molecule has 1 aliphatic rings. The fourth-order valence-electron chi connectivity index (χ4n) is 4.08. The summed E-state index contributed by atoms with van der Waals surface area (Å²) in [5.74, 6) is 0.339. The van der Waals surface area contributed by atoms with Crippen LogP contribution < -0.4 is 14.8 Å². The van der Waals surface area contributed by atoms with Crippen LogP contribution in [0.2, 0.25) is 0 Å². The van der Waals surface area contributed by atoms with E-state index in [0.29, 0.717) is 46.6 Å². The van der Waals surface area contributed by atoms with Crippen LogP contribution in [0, 0.1) is 0 Å². The highest BCUT2D eigenvalue weighted by Gasteiger charge is 2.36. The lowest BCUT2D eigenvalue weighted by molar-refractivity contribution is -0.129. The molecule has 0 saturated carbocycles. The second-order valence-electron chi connectivity index (χ2n) is 8.81. The lowest BCUT2D eigenvalue weighted by atomic mass is 10.1.